The van der Waals surface area contributed by atoms with Gasteiger partial charge in [-0.25, -0.2) is 0 Å². The summed E-state index contributed by atoms with van der Waals surface area (Å²) in [4.78, 5) is 25.8. The van der Waals surface area contributed by atoms with Crippen LogP contribution < -0.4 is 5.32 Å². The van der Waals surface area contributed by atoms with E-state index in [1.807, 2.05) is 35.2 Å². The number of nitrogens with zero attached hydrogens (tertiary/aromatic N) is 1. The molecule has 0 bridgehead atoms. The van der Waals surface area contributed by atoms with Gasteiger partial charge in [-0.05, 0) is 35.2 Å². The molecule has 1 heterocycles. The van der Waals surface area contributed by atoms with Crippen LogP contribution in [0.2, 0.25) is 0 Å². The summed E-state index contributed by atoms with van der Waals surface area (Å²) in [7, 11) is 0. The SMILES string of the molecule is O=C(Cc1cccc(O)c1)NCc1ccccc1CN1CCCC1=O. The average molecular weight is 338 g/mol. The largest absolute Gasteiger partial charge is 0.508 e. The van der Waals surface area contributed by atoms with Crippen molar-refractivity contribution in [3.8, 4) is 5.75 Å². The zero-order valence-corrected chi connectivity index (χ0v) is 14.1. The lowest BCUT2D eigenvalue weighted by Gasteiger charge is -2.18. The van der Waals surface area contributed by atoms with Gasteiger partial charge in [-0.2, -0.15) is 0 Å². The number of likely N-dealkylation sites (tertiary alicyclic amines) is 1. The Morgan fingerprint density at radius 2 is 1.92 bits per heavy atom. The summed E-state index contributed by atoms with van der Waals surface area (Å²) in [6, 6.07) is 14.6. The maximum absolute atomic E-state index is 12.1. The number of phenolic OH excluding ortho intramolecular Hbond substituents is 1. The van der Waals surface area contributed by atoms with Crippen LogP contribution in [0, 0.1) is 0 Å². The summed E-state index contributed by atoms with van der Waals surface area (Å²) in [5, 5.41) is 12.4. The van der Waals surface area contributed by atoms with Gasteiger partial charge in [0.1, 0.15) is 5.75 Å². The first-order chi connectivity index (χ1) is 12.1. The summed E-state index contributed by atoms with van der Waals surface area (Å²) in [6.07, 6.45) is 1.77. The van der Waals surface area contributed by atoms with E-state index in [0.29, 0.717) is 19.5 Å². The van der Waals surface area contributed by atoms with Crippen LogP contribution in [0.15, 0.2) is 48.5 Å². The first-order valence-corrected chi connectivity index (χ1v) is 8.51. The number of aromatic hydroxyl groups is 1. The molecule has 2 N–H and O–H groups in total. The van der Waals surface area contributed by atoms with Gasteiger partial charge in [0.25, 0.3) is 0 Å². The highest BCUT2D eigenvalue weighted by molar-refractivity contribution is 5.79. The van der Waals surface area contributed by atoms with Gasteiger partial charge in [-0.1, -0.05) is 36.4 Å². The number of phenols is 1. The van der Waals surface area contributed by atoms with Gasteiger partial charge in [0.05, 0.1) is 6.42 Å². The molecule has 1 fully saturated rings. The number of hydrogen-bond donors (Lipinski definition) is 2. The lowest BCUT2D eigenvalue weighted by atomic mass is 10.1. The van der Waals surface area contributed by atoms with Crippen molar-refractivity contribution in [1.82, 2.24) is 10.2 Å². The molecule has 5 nitrogen and oxygen atoms in total. The Kier molecular flexibility index (Phi) is 5.33. The fraction of sp³-hybridized carbons (Fsp3) is 0.300. The van der Waals surface area contributed by atoms with Gasteiger partial charge >= 0.3 is 0 Å². The van der Waals surface area contributed by atoms with Gasteiger partial charge in [-0.15, -0.1) is 0 Å². The molecule has 1 aliphatic heterocycles. The molecule has 2 aromatic carbocycles. The quantitative estimate of drug-likeness (QED) is 0.849. The third-order valence-corrected chi connectivity index (χ3v) is 4.40. The Balaban J connectivity index is 1.59. The van der Waals surface area contributed by atoms with Crippen LogP contribution in [-0.2, 0) is 29.1 Å². The van der Waals surface area contributed by atoms with Gasteiger partial charge in [-0.3, -0.25) is 9.59 Å². The van der Waals surface area contributed by atoms with Crippen molar-refractivity contribution in [1.29, 1.82) is 0 Å². The van der Waals surface area contributed by atoms with E-state index in [2.05, 4.69) is 5.32 Å². The van der Waals surface area contributed by atoms with E-state index in [1.54, 1.807) is 18.2 Å². The van der Waals surface area contributed by atoms with Crippen molar-refractivity contribution >= 4 is 11.8 Å². The van der Waals surface area contributed by atoms with Crippen LogP contribution in [0.5, 0.6) is 5.75 Å². The second kappa shape index (κ2) is 7.83. The number of benzene rings is 2. The molecule has 0 aliphatic carbocycles. The topological polar surface area (TPSA) is 69.6 Å². The van der Waals surface area contributed by atoms with Crippen LogP contribution in [0.3, 0.4) is 0 Å². The lowest BCUT2D eigenvalue weighted by molar-refractivity contribution is -0.128. The van der Waals surface area contributed by atoms with Crippen LogP contribution in [0.4, 0.5) is 0 Å². The molecule has 0 radical (unpaired) electrons. The highest BCUT2D eigenvalue weighted by Gasteiger charge is 2.20. The van der Waals surface area contributed by atoms with Crippen LogP contribution in [0.25, 0.3) is 0 Å². The molecule has 0 unspecified atom stereocenters. The number of amides is 2. The smallest absolute Gasteiger partial charge is 0.224 e. The molecule has 0 aromatic heterocycles. The van der Waals surface area contributed by atoms with E-state index >= 15 is 0 Å². The zero-order chi connectivity index (χ0) is 17.6. The van der Waals surface area contributed by atoms with Gasteiger partial charge in [0.15, 0.2) is 0 Å². The minimum Gasteiger partial charge on any atom is -0.508 e. The molecule has 0 saturated carbocycles. The fourth-order valence-corrected chi connectivity index (χ4v) is 3.07. The van der Waals surface area contributed by atoms with E-state index in [-0.39, 0.29) is 24.0 Å². The fourth-order valence-electron chi connectivity index (χ4n) is 3.07. The molecular weight excluding hydrogens is 316 g/mol. The van der Waals surface area contributed by atoms with E-state index in [9.17, 15) is 14.7 Å². The number of rotatable bonds is 6. The molecule has 130 valence electrons. The third-order valence-electron chi connectivity index (χ3n) is 4.40. The van der Waals surface area contributed by atoms with Gasteiger partial charge in [0.2, 0.25) is 11.8 Å². The zero-order valence-electron chi connectivity index (χ0n) is 14.1. The lowest BCUT2D eigenvalue weighted by Crippen LogP contribution is -2.27. The number of carbonyl (C=O) groups excluding carboxylic acids is 2. The molecule has 2 amide bonds. The molecule has 5 heteroatoms. The molecule has 0 spiro atoms. The van der Waals surface area contributed by atoms with Crippen molar-refractivity contribution in [2.24, 2.45) is 0 Å². The Morgan fingerprint density at radius 1 is 1.12 bits per heavy atom. The Labute approximate surface area is 147 Å². The van der Waals surface area contributed by atoms with Gasteiger partial charge in [0, 0.05) is 26.1 Å². The predicted octanol–water partition coefficient (Wildman–Crippen LogP) is 2.37. The van der Waals surface area contributed by atoms with Crippen molar-refractivity contribution in [3.05, 3.63) is 65.2 Å². The van der Waals surface area contributed by atoms with E-state index in [1.165, 1.54) is 0 Å². The number of nitrogens with one attached hydrogen (secondary N) is 1. The maximum atomic E-state index is 12.1. The average Bonchev–Trinajstić information content (AvgIpc) is 2.99. The van der Waals surface area contributed by atoms with E-state index < -0.39 is 0 Å². The summed E-state index contributed by atoms with van der Waals surface area (Å²) in [6.45, 7) is 1.82. The Morgan fingerprint density at radius 3 is 2.64 bits per heavy atom. The second-order valence-electron chi connectivity index (χ2n) is 6.31. The van der Waals surface area contributed by atoms with Crippen molar-refractivity contribution in [2.75, 3.05) is 6.54 Å². The molecule has 25 heavy (non-hydrogen) atoms. The predicted molar refractivity (Wildman–Crippen MR) is 94.8 cm³/mol. The monoisotopic (exact) mass is 338 g/mol. The highest BCUT2D eigenvalue weighted by atomic mass is 16.3. The molecule has 1 saturated heterocycles. The summed E-state index contributed by atoms with van der Waals surface area (Å²) in [5.41, 5.74) is 2.86. The molecule has 0 atom stereocenters. The highest BCUT2D eigenvalue weighted by Crippen LogP contribution is 2.17. The standard InChI is InChI=1S/C20H22N2O3/c23-18-8-3-5-15(11-18)12-19(24)21-13-16-6-1-2-7-17(16)14-22-10-4-9-20(22)25/h1-3,5-8,11,23H,4,9-10,12-14H2,(H,21,24). The van der Waals surface area contributed by atoms with Crippen molar-refractivity contribution in [2.45, 2.75) is 32.4 Å². The van der Waals surface area contributed by atoms with E-state index in [4.69, 9.17) is 0 Å². The summed E-state index contributed by atoms with van der Waals surface area (Å²) < 4.78 is 0. The molecule has 1 aliphatic rings. The number of hydrogen-bond acceptors (Lipinski definition) is 3. The van der Waals surface area contributed by atoms with Crippen LogP contribution in [-0.4, -0.2) is 28.4 Å². The van der Waals surface area contributed by atoms with Crippen LogP contribution >= 0.6 is 0 Å². The van der Waals surface area contributed by atoms with Gasteiger partial charge < -0.3 is 15.3 Å². The van der Waals surface area contributed by atoms with Crippen molar-refractivity contribution < 1.29 is 14.7 Å². The maximum Gasteiger partial charge on any atom is 0.224 e. The molecule has 3 rings (SSSR count). The summed E-state index contributed by atoms with van der Waals surface area (Å²) in [5.74, 6) is 0.256. The summed E-state index contributed by atoms with van der Waals surface area (Å²) >= 11 is 0. The van der Waals surface area contributed by atoms with E-state index in [0.717, 1.165) is 29.7 Å². The minimum absolute atomic E-state index is 0.0994. The Hall–Kier alpha value is -2.82. The molecule has 2 aromatic rings. The first kappa shape index (κ1) is 17.0. The number of carbonyl (C=O) groups is 2. The molecular formula is C20H22N2O3. The normalized spacial score (nSPS) is 13.9. The van der Waals surface area contributed by atoms with Crippen LogP contribution in [0.1, 0.15) is 29.5 Å². The third kappa shape index (κ3) is 4.59. The minimum atomic E-state index is -0.0994. The first-order valence-electron chi connectivity index (χ1n) is 8.51. The second-order valence-corrected chi connectivity index (χ2v) is 6.31. The Bertz CT molecular complexity index is 773. The van der Waals surface area contributed by atoms with Crippen molar-refractivity contribution in [3.63, 3.8) is 0 Å².